The van der Waals surface area contributed by atoms with Crippen LogP contribution in [0.15, 0.2) is 36.7 Å². The van der Waals surface area contributed by atoms with E-state index in [2.05, 4.69) is 27.1 Å². The van der Waals surface area contributed by atoms with Crippen LogP contribution in [0.4, 0.5) is 17.2 Å². The molecular weight excluding hydrogens is 328 g/mol. The van der Waals surface area contributed by atoms with E-state index in [-0.39, 0.29) is 5.91 Å². The van der Waals surface area contributed by atoms with E-state index in [0.717, 1.165) is 44.1 Å². The Morgan fingerprint density at radius 3 is 2.31 bits per heavy atom. The molecule has 0 saturated carbocycles. The lowest BCUT2D eigenvalue weighted by Gasteiger charge is -2.33. The van der Waals surface area contributed by atoms with Crippen molar-refractivity contribution in [3.63, 3.8) is 0 Å². The van der Waals surface area contributed by atoms with Crippen molar-refractivity contribution in [1.82, 2.24) is 19.8 Å². The number of nitrogens with one attached hydrogen (secondary N) is 1. The summed E-state index contributed by atoms with van der Waals surface area (Å²) in [5.74, 6) is 0.574. The lowest BCUT2D eigenvalue weighted by atomic mass is 10.2. The summed E-state index contributed by atoms with van der Waals surface area (Å²) in [5.41, 5.74) is 2.45. The molecule has 1 saturated heterocycles. The molecule has 1 amide bonds. The number of rotatable bonds is 5. The number of hydrogen-bond donors (Lipinski definition) is 1. The standard InChI is InChI=1S/C19H26N6O/c1-4-24-9-11-25(12-10-24)19(26)17-13-21-18(14-20-17)22-15-5-7-16(8-6-15)23(2)3/h5-8,13-14H,4,9-12H2,1-3H3,(H,21,22). The number of carbonyl (C=O) groups excluding carboxylic acids is 1. The highest BCUT2D eigenvalue weighted by atomic mass is 16.2. The van der Waals surface area contributed by atoms with Crippen molar-refractivity contribution in [3.8, 4) is 0 Å². The largest absolute Gasteiger partial charge is 0.378 e. The molecule has 0 bridgehead atoms. The van der Waals surface area contributed by atoms with Crippen molar-refractivity contribution in [2.24, 2.45) is 0 Å². The van der Waals surface area contributed by atoms with Gasteiger partial charge in [-0.2, -0.15) is 0 Å². The number of amides is 1. The molecule has 2 aromatic rings. The maximum absolute atomic E-state index is 12.5. The maximum atomic E-state index is 12.5. The van der Waals surface area contributed by atoms with E-state index >= 15 is 0 Å². The van der Waals surface area contributed by atoms with Crippen LogP contribution in [0.1, 0.15) is 17.4 Å². The molecule has 1 aromatic carbocycles. The molecule has 138 valence electrons. The van der Waals surface area contributed by atoms with Gasteiger partial charge in [-0.3, -0.25) is 4.79 Å². The first-order chi connectivity index (χ1) is 12.6. The van der Waals surface area contributed by atoms with E-state index in [9.17, 15) is 4.79 Å². The van der Waals surface area contributed by atoms with Crippen LogP contribution < -0.4 is 10.2 Å². The number of piperazine rings is 1. The van der Waals surface area contributed by atoms with E-state index in [4.69, 9.17) is 0 Å². The van der Waals surface area contributed by atoms with Gasteiger partial charge in [0, 0.05) is 51.6 Å². The number of hydrogen-bond acceptors (Lipinski definition) is 6. The van der Waals surface area contributed by atoms with Gasteiger partial charge in [0.15, 0.2) is 0 Å². The topological polar surface area (TPSA) is 64.6 Å². The summed E-state index contributed by atoms with van der Waals surface area (Å²) in [5, 5.41) is 3.21. The van der Waals surface area contributed by atoms with Gasteiger partial charge >= 0.3 is 0 Å². The minimum Gasteiger partial charge on any atom is -0.378 e. The zero-order valence-electron chi connectivity index (χ0n) is 15.6. The van der Waals surface area contributed by atoms with Crippen molar-refractivity contribution in [2.75, 3.05) is 57.0 Å². The smallest absolute Gasteiger partial charge is 0.274 e. The summed E-state index contributed by atoms with van der Waals surface area (Å²) in [6.07, 6.45) is 3.15. The van der Waals surface area contributed by atoms with Crippen molar-refractivity contribution in [3.05, 3.63) is 42.4 Å². The Hall–Kier alpha value is -2.67. The van der Waals surface area contributed by atoms with Gasteiger partial charge in [-0.25, -0.2) is 9.97 Å². The zero-order valence-corrected chi connectivity index (χ0v) is 15.6. The second-order valence-electron chi connectivity index (χ2n) is 6.58. The minimum atomic E-state index is -0.0462. The van der Waals surface area contributed by atoms with E-state index in [1.54, 1.807) is 12.4 Å². The number of nitrogens with zero attached hydrogens (tertiary/aromatic N) is 5. The fourth-order valence-electron chi connectivity index (χ4n) is 2.92. The van der Waals surface area contributed by atoms with E-state index in [0.29, 0.717) is 11.5 Å². The van der Waals surface area contributed by atoms with Crippen molar-refractivity contribution in [1.29, 1.82) is 0 Å². The van der Waals surface area contributed by atoms with Crippen molar-refractivity contribution >= 4 is 23.1 Å². The fourth-order valence-corrected chi connectivity index (χ4v) is 2.92. The van der Waals surface area contributed by atoms with Gasteiger partial charge in [-0.1, -0.05) is 6.92 Å². The summed E-state index contributed by atoms with van der Waals surface area (Å²) < 4.78 is 0. The van der Waals surface area contributed by atoms with Gasteiger partial charge in [0.2, 0.25) is 0 Å². The van der Waals surface area contributed by atoms with Crippen LogP contribution >= 0.6 is 0 Å². The van der Waals surface area contributed by atoms with Crippen molar-refractivity contribution in [2.45, 2.75) is 6.92 Å². The predicted octanol–water partition coefficient (Wildman–Crippen LogP) is 2.06. The Bertz CT molecular complexity index is 721. The van der Waals surface area contributed by atoms with Gasteiger partial charge in [0.05, 0.1) is 12.4 Å². The molecule has 0 aliphatic carbocycles. The Morgan fingerprint density at radius 2 is 1.77 bits per heavy atom. The molecule has 0 radical (unpaired) electrons. The third-order valence-electron chi connectivity index (χ3n) is 4.63. The normalized spacial score (nSPS) is 15.0. The number of anilines is 3. The summed E-state index contributed by atoms with van der Waals surface area (Å²) >= 11 is 0. The highest BCUT2D eigenvalue weighted by Gasteiger charge is 2.22. The number of carbonyl (C=O) groups is 1. The molecule has 1 fully saturated rings. The third kappa shape index (κ3) is 4.29. The number of aromatic nitrogens is 2. The first-order valence-electron chi connectivity index (χ1n) is 8.95. The van der Waals surface area contributed by atoms with Crippen LogP contribution in [0.2, 0.25) is 0 Å². The molecule has 7 nitrogen and oxygen atoms in total. The highest BCUT2D eigenvalue weighted by molar-refractivity contribution is 5.92. The quantitative estimate of drug-likeness (QED) is 0.887. The summed E-state index contributed by atoms with van der Waals surface area (Å²) in [7, 11) is 4.01. The Balaban J connectivity index is 1.60. The summed E-state index contributed by atoms with van der Waals surface area (Å²) in [4.78, 5) is 27.4. The Kier molecular flexibility index (Phi) is 5.68. The number of benzene rings is 1. The molecule has 0 unspecified atom stereocenters. The molecular formula is C19H26N6O. The minimum absolute atomic E-state index is 0.0462. The van der Waals surface area contributed by atoms with Crippen LogP contribution in [0.5, 0.6) is 0 Å². The van der Waals surface area contributed by atoms with Gasteiger partial charge in [0.1, 0.15) is 11.5 Å². The molecule has 1 aliphatic heterocycles. The molecule has 1 N–H and O–H groups in total. The molecule has 1 aromatic heterocycles. The Labute approximate surface area is 154 Å². The van der Waals surface area contributed by atoms with E-state index < -0.39 is 0 Å². The van der Waals surface area contributed by atoms with Crippen LogP contribution in [0.3, 0.4) is 0 Å². The monoisotopic (exact) mass is 354 g/mol. The lowest BCUT2D eigenvalue weighted by Crippen LogP contribution is -2.48. The molecule has 0 atom stereocenters. The van der Waals surface area contributed by atoms with Crippen LogP contribution in [-0.2, 0) is 0 Å². The zero-order chi connectivity index (χ0) is 18.5. The fraction of sp³-hybridized carbons (Fsp3) is 0.421. The lowest BCUT2D eigenvalue weighted by molar-refractivity contribution is 0.0637. The average Bonchev–Trinajstić information content (AvgIpc) is 2.68. The van der Waals surface area contributed by atoms with Gasteiger partial charge in [0.25, 0.3) is 5.91 Å². The Morgan fingerprint density at radius 1 is 1.08 bits per heavy atom. The SMILES string of the molecule is CCN1CCN(C(=O)c2cnc(Nc3ccc(N(C)C)cc3)cn2)CC1. The average molecular weight is 354 g/mol. The molecule has 7 heteroatoms. The second-order valence-corrected chi connectivity index (χ2v) is 6.58. The first-order valence-corrected chi connectivity index (χ1v) is 8.95. The first kappa shape index (κ1) is 18.1. The molecule has 0 spiro atoms. The molecule has 26 heavy (non-hydrogen) atoms. The van der Waals surface area contributed by atoms with Crippen molar-refractivity contribution < 1.29 is 4.79 Å². The molecule has 2 heterocycles. The maximum Gasteiger partial charge on any atom is 0.274 e. The van der Waals surface area contributed by atoms with Crippen LogP contribution in [-0.4, -0.2) is 72.5 Å². The molecule has 3 rings (SSSR count). The van der Waals surface area contributed by atoms with Crippen LogP contribution in [0.25, 0.3) is 0 Å². The highest BCUT2D eigenvalue weighted by Crippen LogP contribution is 2.18. The summed E-state index contributed by atoms with van der Waals surface area (Å²) in [6.45, 7) is 6.48. The second kappa shape index (κ2) is 8.14. The van der Waals surface area contributed by atoms with Gasteiger partial charge in [-0.15, -0.1) is 0 Å². The number of likely N-dealkylation sites (N-methyl/N-ethyl adjacent to an activating group) is 1. The van der Waals surface area contributed by atoms with Gasteiger partial charge < -0.3 is 20.0 Å². The molecule has 1 aliphatic rings. The predicted molar refractivity (Wildman–Crippen MR) is 104 cm³/mol. The van der Waals surface area contributed by atoms with Crippen LogP contribution in [0, 0.1) is 0 Å². The van der Waals surface area contributed by atoms with E-state index in [1.807, 2.05) is 48.2 Å². The third-order valence-corrected chi connectivity index (χ3v) is 4.63. The van der Waals surface area contributed by atoms with E-state index in [1.165, 1.54) is 0 Å². The van der Waals surface area contributed by atoms with Gasteiger partial charge in [-0.05, 0) is 30.8 Å². The summed E-state index contributed by atoms with van der Waals surface area (Å²) in [6, 6.07) is 8.04.